The third-order valence-corrected chi connectivity index (χ3v) is 6.86. The lowest BCUT2D eigenvalue weighted by atomic mass is 10.1. The molecule has 1 saturated heterocycles. The predicted molar refractivity (Wildman–Crippen MR) is 118 cm³/mol. The number of pyridine rings is 1. The Balaban J connectivity index is 1.79. The van der Waals surface area contributed by atoms with Crippen molar-refractivity contribution in [2.24, 2.45) is 5.92 Å². The quantitative estimate of drug-likeness (QED) is 0.406. The highest BCUT2D eigenvalue weighted by molar-refractivity contribution is 7.17. The number of ether oxygens (including phenoxy) is 1. The molecule has 0 spiro atoms. The summed E-state index contributed by atoms with van der Waals surface area (Å²) < 4.78 is 74.9. The average molecular weight is 519 g/mol. The third kappa shape index (κ3) is 5.54. The molecular weight excluding hydrogens is 495 g/mol. The summed E-state index contributed by atoms with van der Waals surface area (Å²) in [5.74, 6) is -4.64. The standard InChI is InChI=1S/C22H23F5N4O3S/c1-3-34-20(33)18-30-16(19(32)31-10-21(23,24)7-11(31)2)17(35-18)13-9-29-15(28-8-12-4-5-12)6-14(13)22(25,26)27/h6,9,11-12H,3-5,7-8,10H2,1-2H3,(H,28,29). The van der Waals surface area contributed by atoms with Gasteiger partial charge in [0.05, 0.1) is 23.6 Å². The van der Waals surface area contributed by atoms with Crippen molar-refractivity contribution in [1.29, 1.82) is 0 Å². The number of esters is 1. The first-order chi connectivity index (χ1) is 16.4. The summed E-state index contributed by atoms with van der Waals surface area (Å²) in [6.45, 7) is 2.52. The van der Waals surface area contributed by atoms with Crippen LogP contribution in [0.15, 0.2) is 12.3 Å². The SMILES string of the molecule is CCOC(=O)c1nc(C(=O)N2CC(F)(F)CC2C)c(-c2cnc(NCC3CC3)cc2C(F)(F)F)s1. The number of alkyl halides is 5. The number of hydrogen-bond acceptors (Lipinski definition) is 7. The minimum atomic E-state index is -4.82. The maximum atomic E-state index is 14.1. The van der Waals surface area contributed by atoms with Crippen LogP contribution in [0.1, 0.15) is 59.0 Å². The molecule has 1 aliphatic heterocycles. The Hall–Kier alpha value is -2.83. The minimum Gasteiger partial charge on any atom is -0.461 e. The fourth-order valence-corrected chi connectivity index (χ4v) is 4.86. The van der Waals surface area contributed by atoms with Crippen molar-refractivity contribution in [2.45, 2.75) is 51.3 Å². The lowest BCUT2D eigenvalue weighted by molar-refractivity contribution is -0.137. The van der Waals surface area contributed by atoms with E-state index in [0.717, 1.165) is 30.0 Å². The van der Waals surface area contributed by atoms with Gasteiger partial charge in [-0.15, -0.1) is 11.3 Å². The highest BCUT2D eigenvalue weighted by Gasteiger charge is 2.46. The first kappa shape index (κ1) is 25.3. The van der Waals surface area contributed by atoms with Gasteiger partial charge in [0, 0.05) is 30.8 Å². The van der Waals surface area contributed by atoms with Crippen LogP contribution >= 0.6 is 11.3 Å². The molecule has 7 nitrogen and oxygen atoms in total. The second kappa shape index (κ2) is 9.32. The number of hydrogen-bond donors (Lipinski definition) is 1. The zero-order chi connectivity index (χ0) is 25.5. The van der Waals surface area contributed by atoms with Crippen LogP contribution in [0.4, 0.5) is 27.8 Å². The monoisotopic (exact) mass is 518 g/mol. The van der Waals surface area contributed by atoms with Crippen molar-refractivity contribution in [3.05, 3.63) is 28.5 Å². The molecule has 13 heteroatoms. The van der Waals surface area contributed by atoms with E-state index in [1.54, 1.807) is 0 Å². The number of carbonyl (C=O) groups excluding carboxylic acids is 2. The van der Waals surface area contributed by atoms with Crippen molar-refractivity contribution >= 4 is 29.0 Å². The third-order valence-electron chi connectivity index (χ3n) is 5.79. The first-order valence-corrected chi connectivity index (χ1v) is 11.9. The molecule has 1 amide bonds. The number of nitrogens with zero attached hydrogens (tertiary/aromatic N) is 3. The largest absolute Gasteiger partial charge is 0.461 e. The smallest absolute Gasteiger partial charge is 0.417 e. The fourth-order valence-electron chi connectivity index (χ4n) is 3.89. The van der Waals surface area contributed by atoms with Gasteiger partial charge in [-0.2, -0.15) is 13.2 Å². The van der Waals surface area contributed by atoms with Crippen LogP contribution in [-0.2, 0) is 10.9 Å². The Labute approximate surface area is 201 Å². The number of carbonyl (C=O) groups is 2. The Morgan fingerprint density at radius 3 is 2.60 bits per heavy atom. The minimum absolute atomic E-state index is 0.0174. The van der Waals surface area contributed by atoms with E-state index in [1.165, 1.54) is 13.8 Å². The number of thiazole rings is 1. The zero-order valence-corrected chi connectivity index (χ0v) is 19.7. The summed E-state index contributed by atoms with van der Waals surface area (Å²) in [6, 6.07) is -0.0326. The summed E-state index contributed by atoms with van der Waals surface area (Å²) in [5, 5.41) is 2.53. The van der Waals surface area contributed by atoms with Gasteiger partial charge in [-0.3, -0.25) is 4.79 Å². The second-order valence-electron chi connectivity index (χ2n) is 8.70. The van der Waals surface area contributed by atoms with Gasteiger partial charge in [-0.1, -0.05) is 0 Å². The van der Waals surface area contributed by atoms with E-state index >= 15 is 0 Å². The van der Waals surface area contributed by atoms with Crippen LogP contribution < -0.4 is 5.32 Å². The molecule has 3 heterocycles. The number of likely N-dealkylation sites (tertiary alicyclic amines) is 1. The van der Waals surface area contributed by atoms with Gasteiger partial charge in [0.25, 0.3) is 11.8 Å². The van der Waals surface area contributed by atoms with E-state index in [0.29, 0.717) is 23.8 Å². The number of aromatic nitrogens is 2. The summed E-state index contributed by atoms with van der Waals surface area (Å²) in [4.78, 5) is 34.1. The van der Waals surface area contributed by atoms with Gasteiger partial charge in [0.2, 0.25) is 5.01 Å². The van der Waals surface area contributed by atoms with E-state index in [9.17, 15) is 31.5 Å². The highest BCUT2D eigenvalue weighted by atomic mass is 32.1. The summed E-state index contributed by atoms with van der Waals surface area (Å²) in [6.07, 6.45) is -2.46. The Bertz CT molecular complexity index is 1130. The van der Waals surface area contributed by atoms with Gasteiger partial charge < -0.3 is 15.0 Å². The molecule has 1 N–H and O–H groups in total. The van der Waals surface area contributed by atoms with Crippen molar-refractivity contribution in [3.63, 3.8) is 0 Å². The maximum Gasteiger partial charge on any atom is 0.417 e. The van der Waals surface area contributed by atoms with Crippen molar-refractivity contribution in [2.75, 3.05) is 25.0 Å². The molecular formula is C22H23F5N4O3S. The molecule has 1 aliphatic carbocycles. The lowest BCUT2D eigenvalue weighted by Crippen LogP contribution is -2.35. The molecule has 190 valence electrons. The molecule has 2 aliphatic rings. The van der Waals surface area contributed by atoms with Crippen LogP contribution in [0.5, 0.6) is 0 Å². The van der Waals surface area contributed by atoms with Crippen LogP contribution in [0.25, 0.3) is 10.4 Å². The molecule has 1 saturated carbocycles. The lowest BCUT2D eigenvalue weighted by Gasteiger charge is -2.21. The number of amides is 1. The fraction of sp³-hybridized carbons (Fsp3) is 0.545. The Morgan fingerprint density at radius 1 is 1.31 bits per heavy atom. The van der Waals surface area contributed by atoms with E-state index in [-0.39, 0.29) is 22.3 Å². The molecule has 0 bridgehead atoms. The molecule has 2 fully saturated rings. The number of halogens is 5. The van der Waals surface area contributed by atoms with Crippen LogP contribution in [0, 0.1) is 5.92 Å². The molecule has 0 radical (unpaired) electrons. The van der Waals surface area contributed by atoms with Gasteiger partial charge in [-0.05, 0) is 38.7 Å². The van der Waals surface area contributed by atoms with Gasteiger partial charge in [-0.25, -0.2) is 23.5 Å². The molecule has 2 aromatic heterocycles. The van der Waals surface area contributed by atoms with E-state index < -0.39 is 59.8 Å². The number of nitrogens with one attached hydrogen (secondary N) is 1. The van der Waals surface area contributed by atoms with Crippen molar-refractivity contribution in [3.8, 4) is 10.4 Å². The molecule has 0 aromatic carbocycles. The van der Waals surface area contributed by atoms with Crippen molar-refractivity contribution < 1.29 is 36.3 Å². The summed E-state index contributed by atoms with van der Waals surface area (Å²) >= 11 is 0.532. The Morgan fingerprint density at radius 2 is 2.03 bits per heavy atom. The van der Waals surface area contributed by atoms with Gasteiger partial charge in [0.15, 0.2) is 0 Å². The molecule has 2 aromatic rings. The van der Waals surface area contributed by atoms with Crippen LogP contribution in [0.2, 0.25) is 0 Å². The summed E-state index contributed by atoms with van der Waals surface area (Å²) in [7, 11) is 0. The molecule has 35 heavy (non-hydrogen) atoms. The number of anilines is 1. The zero-order valence-electron chi connectivity index (χ0n) is 18.9. The number of rotatable bonds is 7. The maximum absolute atomic E-state index is 14.1. The van der Waals surface area contributed by atoms with E-state index in [4.69, 9.17) is 4.74 Å². The van der Waals surface area contributed by atoms with Gasteiger partial charge in [0.1, 0.15) is 11.5 Å². The Kier molecular flexibility index (Phi) is 6.73. The van der Waals surface area contributed by atoms with Crippen LogP contribution in [-0.4, -0.2) is 58.4 Å². The normalized spacial score (nSPS) is 19.6. The second-order valence-corrected chi connectivity index (χ2v) is 9.70. The molecule has 1 atom stereocenters. The van der Waals surface area contributed by atoms with E-state index in [1.807, 2.05) is 0 Å². The topological polar surface area (TPSA) is 84.4 Å². The van der Waals surface area contributed by atoms with Crippen molar-refractivity contribution in [1.82, 2.24) is 14.9 Å². The van der Waals surface area contributed by atoms with Crippen LogP contribution in [0.3, 0.4) is 0 Å². The summed E-state index contributed by atoms with van der Waals surface area (Å²) in [5.41, 5.74) is -2.07. The first-order valence-electron chi connectivity index (χ1n) is 11.1. The predicted octanol–water partition coefficient (Wildman–Crippen LogP) is 5.09. The van der Waals surface area contributed by atoms with Gasteiger partial charge >= 0.3 is 12.1 Å². The van der Waals surface area contributed by atoms with E-state index in [2.05, 4.69) is 15.3 Å². The molecule has 1 unspecified atom stereocenters. The average Bonchev–Trinajstić information content (AvgIpc) is 3.42. The molecule has 4 rings (SSSR count). The highest BCUT2D eigenvalue weighted by Crippen LogP contribution is 2.43.